The molecule has 3 N–H and O–H groups in total. The number of halogens is 3. The molecule has 0 amide bonds. The molecule has 0 aromatic carbocycles. The molecule has 1 rings (SSSR count). The molecule has 0 heterocycles. The minimum atomic E-state index is -4.07. The van der Waals surface area contributed by atoms with Crippen LogP contribution in [-0.4, -0.2) is 12.2 Å². The summed E-state index contributed by atoms with van der Waals surface area (Å²) in [5, 5.41) is 0. The summed E-state index contributed by atoms with van der Waals surface area (Å²) in [6, 6.07) is -0.211. The van der Waals surface area contributed by atoms with Crippen molar-refractivity contribution < 1.29 is 13.2 Å². The van der Waals surface area contributed by atoms with Crippen LogP contribution in [0, 0.1) is 11.8 Å². The maximum absolute atomic E-state index is 12.8. The summed E-state index contributed by atoms with van der Waals surface area (Å²) in [5.41, 5.74) is 2.52. The van der Waals surface area contributed by atoms with Gasteiger partial charge in [0.15, 0.2) is 0 Å². The highest BCUT2D eigenvalue weighted by atomic mass is 19.4. The molecule has 0 aliphatic heterocycles. The molecule has 90 valence electrons. The van der Waals surface area contributed by atoms with Gasteiger partial charge in [-0.3, -0.25) is 11.3 Å². The molecule has 0 aromatic rings. The van der Waals surface area contributed by atoms with E-state index in [0.717, 1.165) is 6.42 Å². The van der Waals surface area contributed by atoms with Crippen LogP contribution in [0.3, 0.4) is 0 Å². The number of alkyl halides is 3. The lowest BCUT2D eigenvalue weighted by Crippen LogP contribution is -2.47. The lowest BCUT2D eigenvalue weighted by molar-refractivity contribution is -0.199. The van der Waals surface area contributed by atoms with Crippen molar-refractivity contribution in [1.29, 1.82) is 0 Å². The van der Waals surface area contributed by atoms with Crippen molar-refractivity contribution >= 4 is 0 Å². The van der Waals surface area contributed by atoms with E-state index >= 15 is 0 Å². The smallest absolute Gasteiger partial charge is 0.271 e. The second-order valence-corrected chi connectivity index (χ2v) is 4.28. The van der Waals surface area contributed by atoms with E-state index in [0.29, 0.717) is 19.3 Å². The fourth-order valence-electron chi connectivity index (χ4n) is 2.59. The fourth-order valence-corrected chi connectivity index (χ4v) is 2.59. The third-order valence-electron chi connectivity index (χ3n) is 3.41. The molecule has 0 aromatic heterocycles. The van der Waals surface area contributed by atoms with E-state index in [2.05, 4.69) is 5.43 Å². The molecular formula is C10H19F3N2. The van der Waals surface area contributed by atoms with Crippen LogP contribution in [0.25, 0.3) is 0 Å². The molecular weight excluding hydrogens is 205 g/mol. The highest BCUT2D eigenvalue weighted by Gasteiger charge is 2.47. The predicted octanol–water partition coefficient (Wildman–Crippen LogP) is 2.60. The zero-order valence-electron chi connectivity index (χ0n) is 8.98. The monoisotopic (exact) mass is 224 g/mol. The molecule has 1 aliphatic carbocycles. The molecule has 1 saturated carbocycles. The normalized spacial score (nSPS) is 30.2. The maximum atomic E-state index is 12.8. The van der Waals surface area contributed by atoms with Crippen molar-refractivity contribution in [3.63, 3.8) is 0 Å². The number of rotatable bonds is 3. The molecule has 1 fully saturated rings. The molecule has 2 nitrogen and oxygen atoms in total. The van der Waals surface area contributed by atoms with E-state index in [9.17, 15) is 13.2 Å². The standard InChI is InChI=1S/C10H19F3N2/c1-2-9(15-14)7-5-3-4-6-8(7)10(11,12)13/h7-9,15H,2-6,14H2,1H3. The average Bonchev–Trinajstić information content (AvgIpc) is 2.19. The van der Waals surface area contributed by atoms with Gasteiger partial charge in [-0.25, -0.2) is 0 Å². The van der Waals surface area contributed by atoms with Gasteiger partial charge in [0.1, 0.15) is 0 Å². The van der Waals surface area contributed by atoms with E-state index < -0.39 is 12.1 Å². The number of nitrogens with one attached hydrogen (secondary N) is 1. The summed E-state index contributed by atoms with van der Waals surface area (Å²) < 4.78 is 38.3. The van der Waals surface area contributed by atoms with Gasteiger partial charge in [-0.05, 0) is 25.2 Å². The Labute approximate surface area is 88.4 Å². The Morgan fingerprint density at radius 3 is 2.40 bits per heavy atom. The Morgan fingerprint density at radius 1 is 1.33 bits per heavy atom. The third-order valence-corrected chi connectivity index (χ3v) is 3.41. The van der Waals surface area contributed by atoms with Gasteiger partial charge in [0.25, 0.3) is 0 Å². The van der Waals surface area contributed by atoms with Crippen LogP contribution in [0.15, 0.2) is 0 Å². The van der Waals surface area contributed by atoms with Gasteiger partial charge in [0.05, 0.1) is 5.92 Å². The van der Waals surface area contributed by atoms with Crippen LogP contribution >= 0.6 is 0 Å². The van der Waals surface area contributed by atoms with Crippen molar-refractivity contribution in [3.05, 3.63) is 0 Å². The Kier molecular flexibility index (Phi) is 4.40. The Hall–Kier alpha value is -0.290. The van der Waals surface area contributed by atoms with Gasteiger partial charge in [-0.15, -0.1) is 0 Å². The third kappa shape index (κ3) is 3.08. The van der Waals surface area contributed by atoms with Crippen molar-refractivity contribution in [2.24, 2.45) is 17.7 Å². The molecule has 0 spiro atoms. The summed E-state index contributed by atoms with van der Waals surface area (Å²) >= 11 is 0. The first kappa shape index (κ1) is 12.8. The summed E-state index contributed by atoms with van der Waals surface area (Å²) in [6.07, 6.45) is -0.973. The molecule has 3 unspecified atom stereocenters. The van der Waals surface area contributed by atoms with Crippen LogP contribution in [0.5, 0.6) is 0 Å². The molecule has 0 saturated heterocycles. The fraction of sp³-hybridized carbons (Fsp3) is 1.00. The van der Waals surface area contributed by atoms with Crippen LogP contribution in [0.4, 0.5) is 13.2 Å². The lowest BCUT2D eigenvalue weighted by atomic mass is 9.74. The van der Waals surface area contributed by atoms with E-state index in [1.807, 2.05) is 6.92 Å². The van der Waals surface area contributed by atoms with Crippen LogP contribution in [-0.2, 0) is 0 Å². The maximum Gasteiger partial charge on any atom is 0.392 e. The number of nitrogens with two attached hydrogens (primary N) is 1. The summed E-state index contributed by atoms with van der Waals surface area (Å²) in [4.78, 5) is 0. The van der Waals surface area contributed by atoms with Gasteiger partial charge in [-0.2, -0.15) is 13.2 Å². The number of hydrogen-bond donors (Lipinski definition) is 2. The van der Waals surface area contributed by atoms with Crippen LogP contribution < -0.4 is 11.3 Å². The minimum Gasteiger partial charge on any atom is -0.271 e. The highest BCUT2D eigenvalue weighted by molar-refractivity contribution is 4.86. The first-order chi connectivity index (χ1) is 7.00. The first-order valence-corrected chi connectivity index (χ1v) is 5.53. The minimum absolute atomic E-state index is 0.211. The van der Waals surface area contributed by atoms with Gasteiger partial charge in [0, 0.05) is 6.04 Å². The SMILES string of the molecule is CCC(NN)C1CCCCC1C(F)(F)F. The summed E-state index contributed by atoms with van der Waals surface area (Å²) in [5.74, 6) is 3.78. The average molecular weight is 224 g/mol. The molecule has 5 heteroatoms. The second-order valence-electron chi connectivity index (χ2n) is 4.28. The van der Waals surface area contributed by atoms with E-state index in [1.54, 1.807) is 0 Å². The largest absolute Gasteiger partial charge is 0.392 e. The molecule has 15 heavy (non-hydrogen) atoms. The summed E-state index contributed by atoms with van der Waals surface area (Å²) in [6.45, 7) is 1.87. The van der Waals surface area contributed by atoms with Gasteiger partial charge >= 0.3 is 6.18 Å². The van der Waals surface area contributed by atoms with Crippen molar-refractivity contribution in [1.82, 2.24) is 5.43 Å². The van der Waals surface area contributed by atoms with Crippen LogP contribution in [0.2, 0.25) is 0 Å². The molecule has 1 aliphatic rings. The van der Waals surface area contributed by atoms with E-state index in [-0.39, 0.29) is 18.4 Å². The van der Waals surface area contributed by atoms with Gasteiger partial charge in [0.2, 0.25) is 0 Å². The first-order valence-electron chi connectivity index (χ1n) is 5.53. The Balaban J connectivity index is 2.73. The number of hydrogen-bond acceptors (Lipinski definition) is 2. The van der Waals surface area contributed by atoms with E-state index in [4.69, 9.17) is 5.84 Å². The molecule has 0 bridgehead atoms. The van der Waals surface area contributed by atoms with Crippen molar-refractivity contribution in [2.75, 3.05) is 0 Å². The zero-order valence-corrected chi connectivity index (χ0v) is 8.98. The highest BCUT2D eigenvalue weighted by Crippen LogP contribution is 2.43. The molecule has 3 atom stereocenters. The lowest BCUT2D eigenvalue weighted by Gasteiger charge is -2.37. The second kappa shape index (κ2) is 5.16. The Bertz CT molecular complexity index is 190. The van der Waals surface area contributed by atoms with Crippen molar-refractivity contribution in [3.8, 4) is 0 Å². The van der Waals surface area contributed by atoms with Gasteiger partial charge < -0.3 is 0 Å². The van der Waals surface area contributed by atoms with Crippen molar-refractivity contribution in [2.45, 2.75) is 51.2 Å². The van der Waals surface area contributed by atoms with E-state index in [1.165, 1.54) is 0 Å². The zero-order chi connectivity index (χ0) is 11.5. The quantitative estimate of drug-likeness (QED) is 0.571. The molecule has 0 radical (unpaired) electrons. The van der Waals surface area contributed by atoms with Gasteiger partial charge in [-0.1, -0.05) is 19.8 Å². The predicted molar refractivity (Wildman–Crippen MR) is 52.9 cm³/mol. The number of hydrazine groups is 1. The topological polar surface area (TPSA) is 38.0 Å². The van der Waals surface area contributed by atoms with Crippen LogP contribution in [0.1, 0.15) is 39.0 Å². The Morgan fingerprint density at radius 2 is 1.93 bits per heavy atom. The summed E-state index contributed by atoms with van der Waals surface area (Å²) in [7, 11) is 0.